The predicted octanol–water partition coefficient (Wildman–Crippen LogP) is 2.20. The summed E-state index contributed by atoms with van der Waals surface area (Å²) in [5, 5.41) is 3.06. The van der Waals surface area contributed by atoms with E-state index in [1.54, 1.807) is 19.9 Å². The Morgan fingerprint density at radius 1 is 1.53 bits per heavy atom. The number of nitrogens with one attached hydrogen (secondary N) is 1. The molecule has 0 aliphatic heterocycles. The Balaban J connectivity index is 2.94. The molecule has 0 atom stereocenters. The smallest absolute Gasteiger partial charge is 0.341 e. The monoisotopic (exact) mass is 251 g/mol. The van der Waals surface area contributed by atoms with Gasteiger partial charge in [-0.05, 0) is 32.8 Å². The number of ether oxygens (including phenoxy) is 1. The van der Waals surface area contributed by atoms with Crippen molar-refractivity contribution >= 4 is 28.2 Å². The normalized spacial score (nSPS) is 9.12. The minimum absolute atomic E-state index is 0.301. The maximum absolute atomic E-state index is 11.6. The fourth-order valence-electron chi connectivity index (χ4n) is 1.22. The van der Waals surface area contributed by atoms with E-state index in [0.29, 0.717) is 17.2 Å². The van der Waals surface area contributed by atoms with Gasteiger partial charge in [-0.3, -0.25) is 4.79 Å². The molecule has 1 aromatic rings. The Hall–Kier alpha value is -1.80. The van der Waals surface area contributed by atoms with E-state index in [4.69, 9.17) is 4.74 Å². The molecule has 0 aromatic carbocycles. The molecule has 5 heteroatoms. The third-order valence-corrected chi connectivity index (χ3v) is 2.78. The van der Waals surface area contributed by atoms with E-state index in [1.807, 2.05) is 6.92 Å². The average Bonchev–Trinajstić information content (AvgIpc) is 2.60. The first-order valence-electron chi connectivity index (χ1n) is 5.09. The number of carbonyl (C=O) groups excluding carboxylic acids is 2. The Morgan fingerprint density at radius 2 is 2.24 bits per heavy atom. The van der Waals surface area contributed by atoms with Crippen molar-refractivity contribution in [1.82, 2.24) is 0 Å². The fraction of sp³-hybridized carbons (Fsp3) is 0.333. The highest BCUT2D eigenvalue weighted by atomic mass is 32.1. The van der Waals surface area contributed by atoms with E-state index in [1.165, 1.54) is 11.3 Å². The van der Waals surface area contributed by atoms with Crippen LogP contribution in [0.3, 0.4) is 0 Å². The summed E-state index contributed by atoms with van der Waals surface area (Å²) in [7, 11) is 0. The van der Waals surface area contributed by atoms with Crippen LogP contribution in [0.2, 0.25) is 0 Å². The Morgan fingerprint density at radius 3 is 2.82 bits per heavy atom. The van der Waals surface area contributed by atoms with Gasteiger partial charge in [0.15, 0.2) is 0 Å². The highest BCUT2D eigenvalue weighted by molar-refractivity contribution is 7.16. The summed E-state index contributed by atoms with van der Waals surface area (Å²) in [4.78, 5) is 23.9. The molecule has 0 radical (unpaired) electrons. The number of hydrogen-bond donors (Lipinski definition) is 1. The zero-order valence-corrected chi connectivity index (χ0v) is 10.7. The molecule has 1 amide bonds. The van der Waals surface area contributed by atoms with Crippen LogP contribution < -0.4 is 5.32 Å². The second kappa shape index (κ2) is 6.06. The van der Waals surface area contributed by atoms with E-state index in [9.17, 15) is 9.59 Å². The van der Waals surface area contributed by atoms with Gasteiger partial charge in [0.2, 0.25) is 0 Å². The Labute approximate surface area is 104 Å². The molecule has 1 N–H and O–H groups in total. The lowest BCUT2D eigenvalue weighted by molar-refractivity contribution is -0.111. The summed E-state index contributed by atoms with van der Waals surface area (Å²) in [6.45, 7) is 5.47. The van der Waals surface area contributed by atoms with Gasteiger partial charge < -0.3 is 10.1 Å². The van der Waals surface area contributed by atoms with E-state index in [2.05, 4.69) is 17.2 Å². The van der Waals surface area contributed by atoms with Gasteiger partial charge in [-0.25, -0.2) is 4.79 Å². The van der Waals surface area contributed by atoms with Crippen LogP contribution in [-0.2, 0) is 9.53 Å². The van der Waals surface area contributed by atoms with Crippen LogP contribution in [0.25, 0.3) is 0 Å². The second-order valence-corrected chi connectivity index (χ2v) is 4.41. The standard InChI is InChI=1S/C12H13NO3S/c1-4-6-10(14)13-11-9(7-8(3)17-11)12(15)16-5-2/h7H,5H2,1-3H3,(H,13,14). The van der Waals surface area contributed by atoms with E-state index in [-0.39, 0.29) is 0 Å². The van der Waals surface area contributed by atoms with Crippen molar-refractivity contribution in [3.8, 4) is 11.8 Å². The van der Waals surface area contributed by atoms with Gasteiger partial charge in [-0.2, -0.15) is 0 Å². The maximum Gasteiger partial charge on any atom is 0.341 e. The minimum Gasteiger partial charge on any atom is -0.462 e. The summed E-state index contributed by atoms with van der Waals surface area (Å²) in [6, 6.07) is 1.69. The molecule has 0 unspecified atom stereocenters. The second-order valence-electron chi connectivity index (χ2n) is 3.15. The first kappa shape index (κ1) is 13.3. The molecular formula is C12H13NO3S. The fourth-order valence-corrected chi connectivity index (χ4v) is 2.11. The topological polar surface area (TPSA) is 55.4 Å². The number of aryl methyl sites for hydroxylation is 1. The lowest BCUT2D eigenvalue weighted by Gasteiger charge is -2.02. The van der Waals surface area contributed by atoms with Gasteiger partial charge in [0, 0.05) is 4.88 Å². The van der Waals surface area contributed by atoms with Crippen LogP contribution in [-0.4, -0.2) is 18.5 Å². The van der Waals surface area contributed by atoms with Gasteiger partial charge in [0.1, 0.15) is 5.00 Å². The molecule has 0 aliphatic carbocycles. The third-order valence-electron chi connectivity index (χ3n) is 1.82. The number of thiophene rings is 1. The molecule has 0 fully saturated rings. The summed E-state index contributed by atoms with van der Waals surface area (Å²) < 4.78 is 4.90. The molecule has 1 aromatic heterocycles. The van der Waals surface area contributed by atoms with Gasteiger partial charge in [-0.15, -0.1) is 11.3 Å². The number of anilines is 1. The first-order valence-corrected chi connectivity index (χ1v) is 5.91. The minimum atomic E-state index is -0.434. The SMILES string of the molecule is CC#CC(=O)Nc1sc(C)cc1C(=O)OCC. The van der Waals surface area contributed by atoms with Crippen molar-refractivity contribution in [1.29, 1.82) is 0 Å². The van der Waals surface area contributed by atoms with Gasteiger partial charge in [0.05, 0.1) is 12.2 Å². The number of hydrogen-bond acceptors (Lipinski definition) is 4. The number of amides is 1. The molecular weight excluding hydrogens is 238 g/mol. The van der Waals surface area contributed by atoms with Crippen LogP contribution >= 0.6 is 11.3 Å². The molecule has 0 saturated carbocycles. The van der Waals surface area contributed by atoms with Gasteiger partial charge in [0.25, 0.3) is 0 Å². The van der Waals surface area contributed by atoms with Gasteiger partial charge >= 0.3 is 11.9 Å². The summed E-state index contributed by atoms with van der Waals surface area (Å²) >= 11 is 1.32. The predicted molar refractivity (Wildman–Crippen MR) is 67.1 cm³/mol. The van der Waals surface area contributed by atoms with Crippen LogP contribution in [0.4, 0.5) is 5.00 Å². The van der Waals surface area contributed by atoms with E-state index >= 15 is 0 Å². The van der Waals surface area contributed by atoms with Crippen molar-refractivity contribution in [3.05, 3.63) is 16.5 Å². The lowest BCUT2D eigenvalue weighted by Crippen LogP contribution is -2.11. The Kier molecular flexibility index (Phi) is 4.73. The molecule has 0 aliphatic rings. The summed E-state index contributed by atoms with van der Waals surface area (Å²) in [5.74, 6) is 3.99. The summed E-state index contributed by atoms with van der Waals surface area (Å²) in [5.41, 5.74) is 0.376. The number of rotatable bonds is 3. The number of carbonyl (C=O) groups is 2. The van der Waals surface area contributed by atoms with Crippen molar-refractivity contribution in [2.24, 2.45) is 0 Å². The van der Waals surface area contributed by atoms with Crippen molar-refractivity contribution in [2.45, 2.75) is 20.8 Å². The molecule has 90 valence electrons. The van der Waals surface area contributed by atoms with Crippen molar-refractivity contribution in [3.63, 3.8) is 0 Å². The molecule has 4 nitrogen and oxygen atoms in total. The molecule has 1 rings (SSSR count). The quantitative estimate of drug-likeness (QED) is 0.662. The zero-order valence-electron chi connectivity index (χ0n) is 9.92. The van der Waals surface area contributed by atoms with Crippen molar-refractivity contribution < 1.29 is 14.3 Å². The number of esters is 1. The van der Waals surface area contributed by atoms with Crippen LogP contribution in [0.1, 0.15) is 29.1 Å². The van der Waals surface area contributed by atoms with Crippen LogP contribution in [0, 0.1) is 18.8 Å². The highest BCUT2D eigenvalue weighted by Gasteiger charge is 2.17. The van der Waals surface area contributed by atoms with Crippen LogP contribution in [0.5, 0.6) is 0 Å². The third kappa shape index (κ3) is 3.61. The largest absolute Gasteiger partial charge is 0.462 e. The Bertz CT molecular complexity index is 494. The first-order chi connectivity index (χ1) is 8.08. The maximum atomic E-state index is 11.6. The zero-order chi connectivity index (χ0) is 12.8. The molecule has 0 bridgehead atoms. The molecule has 1 heterocycles. The summed E-state index contributed by atoms with van der Waals surface area (Å²) in [6.07, 6.45) is 0. The molecule has 0 spiro atoms. The van der Waals surface area contributed by atoms with Gasteiger partial charge in [-0.1, -0.05) is 5.92 Å². The van der Waals surface area contributed by atoms with E-state index in [0.717, 1.165) is 4.88 Å². The molecule has 0 saturated heterocycles. The highest BCUT2D eigenvalue weighted by Crippen LogP contribution is 2.28. The lowest BCUT2D eigenvalue weighted by atomic mass is 10.3. The molecule has 17 heavy (non-hydrogen) atoms. The average molecular weight is 251 g/mol. The van der Waals surface area contributed by atoms with E-state index < -0.39 is 11.9 Å². The van der Waals surface area contributed by atoms with Crippen LogP contribution in [0.15, 0.2) is 6.07 Å². The van der Waals surface area contributed by atoms with Crippen molar-refractivity contribution in [2.75, 3.05) is 11.9 Å².